The third kappa shape index (κ3) is 3.50. The topological polar surface area (TPSA) is 41.2 Å². The fraction of sp³-hybridized carbons (Fsp3) is 0.562. The Morgan fingerprint density at radius 3 is 2.87 bits per heavy atom. The Bertz CT molecular complexity index is 696. The van der Waals surface area contributed by atoms with E-state index >= 15 is 0 Å². The van der Waals surface area contributed by atoms with E-state index in [4.69, 9.17) is 4.74 Å². The Balaban J connectivity index is 1.65. The molecule has 3 rings (SSSR count). The van der Waals surface area contributed by atoms with Crippen molar-refractivity contribution in [1.29, 1.82) is 0 Å². The average Bonchev–Trinajstić information content (AvgIpc) is 2.92. The van der Waals surface area contributed by atoms with Crippen LogP contribution in [-0.2, 0) is 11.2 Å². The van der Waals surface area contributed by atoms with Crippen LogP contribution in [0.2, 0.25) is 0 Å². The second-order valence-electron chi connectivity index (χ2n) is 6.04. The molecule has 4 nitrogen and oxygen atoms in total. The van der Waals surface area contributed by atoms with Crippen LogP contribution in [0.3, 0.4) is 0 Å². The van der Waals surface area contributed by atoms with Crippen molar-refractivity contribution in [3.8, 4) is 0 Å². The summed E-state index contributed by atoms with van der Waals surface area (Å²) in [5.74, 6) is 0.809. The molecule has 7 heteroatoms. The zero-order chi connectivity index (χ0) is 16.6. The predicted octanol–water partition coefficient (Wildman–Crippen LogP) is 2.99. The van der Waals surface area contributed by atoms with Gasteiger partial charge in [-0.05, 0) is 31.0 Å². The first-order chi connectivity index (χ1) is 10.8. The molecular formula is C16H20F3N3O. The summed E-state index contributed by atoms with van der Waals surface area (Å²) in [7, 11) is 0. The minimum atomic E-state index is -4.30. The first-order valence-corrected chi connectivity index (χ1v) is 7.70. The van der Waals surface area contributed by atoms with Crippen LogP contribution in [0, 0.1) is 13.8 Å². The molecule has 1 aliphatic heterocycles. The number of benzene rings is 1. The lowest BCUT2D eigenvalue weighted by atomic mass is 10.1. The summed E-state index contributed by atoms with van der Waals surface area (Å²) in [5, 5.41) is 0. The lowest BCUT2D eigenvalue weighted by Crippen LogP contribution is -2.49. The van der Waals surface area contributed by atoms with Gasteiger partial charge < -0.3 is 9.72 Å². The number of hydrogen-bond donors (Lipinski definition) is 1. The van der Waals surface area contributed by atoms with E-state index in [0.29, 0.717) is 19.5 Å². The van der Waals surface area contributed by atoms with Gasteiger partial charge in [-0.25, -0.2) is 4.98 Å². The van der Waals surface area contributed by atoms with Crippen molar-refractivity contribution in [2.24, 2.45) is 0 Å². The number of aromatic nitrogens is 2. The highest BCUT2D eigenvalue weighted by atomic mass is 19.4. The van der Waals surface area contributed by atoms with Crippen molar-refractivity contribution in [3.63, 3.8) is 0 Å². The van der Waals surface area contributed by atoms with Crippen LogP contribution in [0.1, 0.15) is 17.0 Å². The number of rotatable bonds is 3. The maximum Gasteiger partial charge on any atom is 0.415 e. The van der Waals surface area contributed by atoms with Gasteiger partial charge >= 0.3 is 6.18 Å². The molecule has 0 radical (unpaired) electrons. The smallest absolute Gasteiger partial charge is 0.366 e. The number of ether oxygens (including phenoxy) is 1. The van der Waals surface area contributed by atoms with Crippen LogP contribution < -0.4 is 0 Å². The number of nitrogens with one attached hydrogen (secondary N) is 1. The number of morpholine rings is 1. The van der Waals surface area contributed by atoms with Gasteiger partial charge in [-0.2, -0.15) is 13.2 Å². The van der Waals surface area contributed by atoms with Gasteiger partial charge in [0.25, 0.3) is 0 Å². The Morgan fingerprint density at radius 1 is 1.35 bits per heavy atom. The molecule has 0 aliphatic carbocycles. The molecule has 1 aliphatic rings. The highest BCUT2D eigenvalue weighted by Crippen LogP contribution is 2.26. The molecule has 1 atom stereocenters. The fourth-order valence-electron chi connectivity index (χ4n) is 2.85. The fourth-order valence-corrected chi connectivity index (χ4v) is 2.85. The maximum absolute atomic E-state index is 12.7. The van der Waals surface area contributed by atoms with Gasteiger partial charge in [-0.3, -0.25) is 4.90 Å². The third-order valence-electron chi connectivity index (χ3n) is 4.41. The number of aromatic amines is 1. The Kier molecular flexibility index (Phi) is 4.33. The first kappa shape index (κ1) is 16.3. The third-order valence-corrected chi connectivity index (χ3v) is 4.41. The number of hydrogen-bond acceptors (Lipinski definition) is 3. The highest BCUT2D eigenvalue weighted by molar-refractivity contribution is 5.79. The number of aryl methyl sites for hydroxylation is 2. The van der Waals surface area contributed by atoms with E-state index in [0.717, 1.165) is 22.4 Å². The van der Waals surface area contributed by atoms with Crippen molar-refractivity contribution in [1.82, 2.24) is 14.9 Å². The molecule has 1 fully saturated rings. The average molecular weight is 327 g/mol. The number of imidazole rings is 1. The molecule has 1 aromatic heterocycles. The molecule has 0 amide bonds. The summed E-state index contributed by atoms with van der Waals surface area (Å²) >= 11 is 0. The van der Waals surface area contributed by atoms with E-state index in [9.17, 15) is 13.2 Å². The standard InChI is InChI=1S/C16H20F3N3O/c1-10-3-4-12-15(11(10)2)21-14(20-12)5-6-22-7-8-23-13(9-22)16(17,18)19/h3-4,13H,5-9H2,1-2H3,(H,20,21)/t13-/m0/s1. The van der Waals surface area contributed by atoms with E-state index in [1.54, 1.807) is 4.90 Å². The molecule has 126 valence electrons. The number of H-pyrrole nitrogens is 1. The van der Waals surface area contributed by atoms with Gasteiger partial charge in [-0.1, -0.05) is 6.07 Å². The second kappa shape index (κ2) is 6.13. The quantitative estimate of drug-likeness (QED) is 0.942. The Hall–Kier alpha value is -1.60. The van der Waals surface area contributed by atoms with Crippen LogP contribution in [0.15, 0.2) is 12.1 Å². The van der Waals surface area contributed by atoms with Crippen LogP contribution in [0.4, 0.5) is 13.2 Å². The molecule has 1 N–H and O–H groups in total. The summed E-state index contributed by atoms with van der Waals surface area (Å²) in [6.07, 6.45) is -5.39. The molecular weight excluding hydrogens is 307 g/mol. The summed E-state index contributed by atoms with van der Waals surface area (Å²) in [4.78, 5) is 9.63. The normalized spacial score (nSPS) is 20.3. The lowest BCUT2D eigenvalue weighted by molar-refractivity contribution is -0.237. The zero-order valence-corrected chi connectivity index (χ0v) is 13.2. The van der Waals surface area contributed by atoms with E-state index in [2.05, 4.69) is 9.97 Å². The monoisotopic (exact) mass is 327 g/mol. The van der Waals surface area contributed by atoms with Crippen molar-refractivity contribution < 1.29 is 17.9 Å². The summed E-state index contributed by atoms with van der Waals surface area (Å²) in [5.41, 5.74) is 4.22. The van der Waals surface area contributed by atoms with Crippen LogP contribution in [-0.4, -0.2) is 53.4 Å². The van der Waals surface area contributed by atoms with Crippen molar-refractivity contribution in [2.75, 3.05) is 26.2 Å². The van der Waals surface area contributed by atoms with E-state index in [1.165, 1.54) is 5.56 Å². The highest BCUT2D eigenvalue weighted by Gasteiger charge is 2.43. The molecule has 0 saturated carbocycles. The van der Waals surface area contributed by atoms with E-state index in [1.807, 2.05) is 26.0 Å². The molecule has 2 heterocycles. The summed E-state index contributed by atoms with van der Waals surface area (Å²) in [6.45, 7) is 5.12. The summed E-state index contributed by atoms with van der Waals surface area (Å²) in [6, 6.07) is 4.03. The van der Waals surface area contributed by atoms with Gasteiger partial charge in [0.15, 0.2) is 6.10 Å². The molecule has 1 saturated heterocycles. The van der Waals surface area contributed by atoms with Crippen molar-refractivity contribution >= 4 is 11.0 Å². The van der Waals surface area contributed by atoms with E-state index < -0.39 is 12.3 Å². The number of fused-ring (bicyclic) bond motifs is 1. The molecule has 0 unspecified atom stereocenters. The molecule has 1 aromatic carbocycles. The SMILES string of the molecule is Cc1ccc2[nH]c(CCN3CCO[C@H](C(F)(F)F)C3)nc2c1C. The zero-order valence-electron chi connectivity index (χ0n) is 13.2. The maximum atomic E-state index is 12.7. The van der Waals surface area contributed by atoms with Crippen LogP contribution in [0.5, 0.6) is 0 Å². The minimum Gasteiger partial charge on any atom is -0.366 e. The van der Waals surface area contributed by atoms with Gasteiger partial charge in [0, 0.05) is 26.1 Å². The summed E-state index contributed by atoms with van der Waals surface area (Å²) < 4.78 is 43.0. The van der Waals surface area contributed by atoms with Gasteiger partial charge in [-0.15, -0.1) is 0 Å². The van der Waals surface area contributed by atoms with Crippen LogP contribution >= 0.6 is 0 Å². The van der Waals surface area contributed by atoms with Gasteiger partial charge in [0.2, 0.25) is 0 Å². The van der Waals surface area contributed by atoms with Crippen LogP contribution in [0.25, 0.3) is 11.0 Å². The van der Waals surface area contributed by atoms with Gasteiger partial charge in [0.05, 0.1) is 17.6 Å². The first-order valence-electron chi connectivity index (χ1n) is 7.70. The lowest BCUT2D eigenvalue weighted by Gasteiger charge is -2.33. The van der Waals surface area contributed by atoms with Crippen molar-refractivity contribution in [2.45, 2.75) is 32.5 Å². The number of alkyl halides is 3. The van der Waals surface area contributed by atoms with Crippen molar-refractivity contribution in [3.05, 3.63) is 29.1 Å². The predicted molar refractivity (Wildman–Crippen MR) is 81.5 cm³/mol. The van der Waals surface area contributed by atoms with E-state index in [-0.39, 0.29) is 13.2 Å². The molecule has 2 aromatic rings. The molecule has 23 heavy (non-hydrogen) atoms. The number of nitrogens with zero attached hydrogens (tertiary/aromatic N) is 2. The second-order valence-corrected chi connectivity index (χ2v) is 6.04. The Morgan fingerprint density at radius 2 is 2.13 bits per heavy atom. The Labute approximate surface area is 132 Å². The minimum absolute atomic E-state index is 0.109. The van der Waals surface area contributed by atoms with Gasteiger partial charge in [0.1, 0.15) is 5.82 Å². The largest absolute Gasteiger partial charge is 0.415 e. The molecule has 0 spiro atoms. The number of halogens is 3. The molecule has 0 bridgehead atoms.